The molecular weight excluding hydrogens is 320 g/mol. The maximum Gasteiger partial charge on any atom is 0.319 e. The number of anilines is 1. The van der Waals surface area contributed by atoms with Gasteiger partial charge in [-0.2, -0.15) is 5.10 Å². The first kappa shape index (κ1) is 19.1. The van der Waals surface area contributed by atoms with Crippen molar-refractivity contribution < 1.29 is 14.3 Å². The number of hydrogen-bond acceptors (Lipinski definition) is 4. The predicted molar refractivity (Wildman–Crippen MR) is 96.5 cm³/mol. The molecule has 1 unspecified atom stereocenters. The zero-order chi connectivity index (χ0) is 18.6. The minimum atomic E-state index is -1.28. The first-order valence-electron chi connectivity index (χ1n) is 8.61. The highest BCUT2D eigenvalue weighted by molar-refractivity contribution is 5.89. The number of carbonyl (C=O) groups excluding carboxylic acids is 1. The Morgan fingerprint density at radius 1 is 1.44 bits per heavy atom. The summed E-state index contributed by atoms with van der Waals surface area (Å²) in [5.74, 6) is 1.60. The van der Waals surface area contributed by atoms with Crippen LogP contribution >= 0.6 is 0 Å². The van der Waals surface area contributed by atoms with E-state index in [1.165, 1.54) is 0 Å². The number of nitrogens with one attached hydrogen (secondary N) is 2. The number of aromatic nitrogens is 2. The highest BCUT2D eigenvalue weighted by Gasteiger charge is 2.27. The van der Waals surface area contributed by atoms with Gasteiger partial charge in [-0.1, -0.05) is 20.8 Å². The largest absolute Gasteiger partial charge is 0.463 e. The van der Waals surface area contributed by atoms with E-state index in [0.29, 0.717) is 23.1 Å². The fourth-order valence-corrected chi connectivity index (χ4v) is 2.62. The summed E-state index contributed by atoms with van der Waals surface area (Å²) in [6, 6.07) is 3.10. The highest BCUT2D eigenvalue weighted by Crippen LogP contribution is 2.22. The van der Waals surface area contributed by atoms with Gasteiger partial charge in [0.2, 0.25) is 0 Å². The molecule has 0 fully saturated rings. The van der Waals surface area contributed by atoms with Crippen LogP contribution in [0.1, 0.15) is 44.9 Å². The molecule has 2 aromatic rings. The van der Waals surface area contributed by atoms with Gasteiger partial charge in [-0.25, -0.2) is 4.79 Å². The Labute approximate surface area is 148 Å². The van der Waals surface area contributed by atoms with Gasteiger partial charge in [-0.15, -0.1) is 0 Å². The van der Waals surface area contributed by atoms with E-state index < -0.39 is 5.60 Å². The van der Waals surface area contributed by atoms with E-state index >= 15 is 0 Å². The third-order valence-electron chi connectivity index (χ3n) is 3.93. The minimum Gasteiger partial charge on any atom is -0.463 e. The summed E-state index contributed by atoms with van der Waals surface area (Å²) in [6.07, 6.45) is 2.43. The van der Waals surface area contributed by atoms with Gasteiger partial charge in [0.1, 0.15) is 17.1 Å². The van der Waals surface area contributed by atoms with Gasteiger partial charge >= 0.3 is 6.03 Å². The van der Waals surface area contributed by atoms with Crippen LogP contribution in [0, 0.1) is 12.8 Å². The molecule has 0 spiro atoms. The van der Waals surface area contributed by atoms with Crippen LogP contribution < -0.4 is 10.6 Å². The van der Waals surface area contributed by atoms with Crippen molar-refractivity contribution in [2.75, 3.05) is 11.9 Å². The number of carbonyl (C=O) groups is 1. The Kier molecular flexibility index (Phi) is 5.89. The molecule has 2 rings (SSSR count). The lowest BCUT2D eigenvalue weighted by atomic mass is 10.0. The van der Waals surface area contributed by atoms with Crippen LogP contribution in [0.4, 0.5) is 10.5 Å². The topological polar surface area (TPSA) is 92.3 Å². The van der Waals surface area contributed by atoms with Crippen LogP contribution in [0.3, 0.4) is 0 Å². The smallest absolute Gasteiger partial charge is 0.319 e. The summed E-state index contributed by atoms with van der Waals surface area (Å²) < 4.78 is 7.36. The molecule has 0 aliphatic rings. The van der Waals surface area contributed by atoms with Gasteiger partial charge < -0.3 is 20.2 Å². The Morgan fingerprint density at radius 3 is 2.72 bits per heavy atom. The monoisotopic (exact) mass is 348 g/mol. The maximum absolute atomic E-state index is 12.2. The second-order valence-corrected chi connectivity index (χ2v) is 6.93. The average Bonchev–Trinajstić information content (AvgIpc) is 3.12. The van der Waals surface area contributed by atoms with E-state index in [0.717, 1.165) is 18.7 Å². The maximum atomic E-state index is 12.2. The van der Waals surface area contributed by atoms with Crippen LogP contribution in [0.5, 0.6) is 0 Å². The van der Waals surface area contributed by atoms with E-state index in [9.17, 15) is 9.90 Å². The average molecular weight is 348 g/mol. The Bertz CT molecular complexity index is 716. The lowest BCUT2D eigenvalue weighted by Crippen LogP contribution is -2.40. The molecule has 3 N–H and O–H groups in total. The molecule has 0 aliphatic carbocycles. The number of furan rings is 1. The molecule has 0 saturated carbocycles. The molecule has 138 valence electrons. The number of urea groups is 1. The number of amides is 2. The van der Waals surface area contributed by atoms with Gasteiger partial charge in [0.25, 0.3) is 0 Å². The quantitative estimate of drug-likeness (QED) is 0.717. The molecule has 0 aliphatic heterocycles. The molecule has 0 saturated heterocycles. The molecule has 2 amide bonds. The van der Waals surface area contributed by atoms with Gasteiger partial charge in [0.05, 0.1) is 24.1 Å². The van der Waals surface area contributed by atoms with Crippen molar-refractivity contribution in [3.05, 3.63) is 35.5 Å². The Balaban J connectivity index is 1.97. The lowest BCUT2D eigenvalue weighted by molar-refractivity contribution is 0.0364. The van der Waals surface area contributed by atoms with Crippen molar-refractivity contribution in [2.45, 2.75) is 53.2 Å². The minimum absolute atomic E-state index is 0.0351. The van der Waals surface area contributed by atoms with Crippen molar-refractivity contribution in [3.63, 3.8) is 0 Å². The van der Waals surface area contributed by atoms with Crippen LogP contribution in [0.15, 0.2) is 22.7 Å². The van der Waals surface area contributed by atoms with Crippen molar-refractivity contribution in [2.24, 2.45) is 5.92 Å². The standard InChI is InChI=1S/C18H28N4O3/c1-6-15-14(9-20-22(15)10-12(2)3)21-17(23)19-11-18(5,24)16-8-7-13(4)25-16/h7-9,12,24H,6,10-11H2,1-5H3,(H2,19,21,23). The number of aliphatic hydroxyl groups is 1. The van der Waals surface area contributed by atoms with Crippen molar-refractivity contribution in [3.8, 4) is 0 Å². The van der Waals surface area contributed by atoms with E-state index in [1.54, 1.807) is 32.2 Å². The summed E-state index contributed by atoms with van der Waals surface area (Å²) >= 11 is 0. The van der Waals surface area contributed by atoms with Gasteiger partial charge in [-0.3, -0.25) is 4.68 Å². The zero-order valence-corrected chi connectivity index (χ0v) is 15.6. The van der Waals surface area contributed by atoms with E-state index in [1.807, 2.05) is 11.6 Å². The van der Waals surface area contributed by atoms with Crippen molar-refractivity contribution in [1.82, 2.24) is 15.1 Å². The van der Waals surface area contributed by atoms with Crippen LogP contribution in [-0.2, 0) is 18.6 Å². The summed E-state index contributed by atoms with van der Waals surface area (Å²) in [7, 11) is 0. The van der Waals surface area contributed by atoms with Gasteiger partial charge in [-0.05, 0) is 38.3 Å². The number of rotatable bonds is 7. The Hall–Kier alpha value is -2.28. The molecule has 7 heteroatoms. The Morgan fingerprint density at radius 2 is 2.16 bits per heavy atom. The second kappa shape index (κ2) is 7.74. The first-order valence-corrected chi connectivity index (χ1v) is 8.61. The SMILES string of the molecule is CCc1c(NC(=O)NCC(C)(O)c2ccc(C)o2)cnn1CC(C)C. The first-order chi connectivity index (χ1) is 11.7. The van der Waals surface area contributed by atoms with Crippen molar-refractivity contribution in [1.29, 1.82) is 0 Å². The predicted octanol–water partition coefficient (Wildman–Crippen LogP) is 3.03. The summed E-state index contributed by atoms with van der Waals surface area (Å²) in [5.41, 5.74) is 0.396. The molecule has 25 heavy (non-hydrogen) atoms. The van der Waals surface area contributed by atoms with Crippen LogP contribution in [0.2, 0.25) is 0 Å². The summed E-state index contributed by atoms with van der Waals surface area (Å²) in [6.45, 7) is 10.5. The molecule has 0 radical (unpaired) electrons. The fraction of sp³-hybridized carbons (Fsp3) is 0.556. The second-order valence-electron chi connectivity index (χ2n) is 6.93. The molecule has 0 aromatic carbocycles. The highest BCUT2D eigenvalue weighted by atomic mass is 16.4. The summed E-state index contributed by atoms with van der Waals surface area (Å²) in [5, 5.41) is 20.3. The molecule has 7 nitrogen and oxygen atoms in total. The molecular formula is C18H28N4O3. The third-order valence-corrected chi connectivity index (χ3v) is 3.93. The van der Waals surface area contributed by atoms with Crippen LogP contribution in [0.25, 0.3) is 0 Å². The number of nitrogens with zero attached hydrogens (tertiary/aromatic N) is 2. The zero-order valence-electron chi connectivity index (χ0n) is 15.6. The molecule has 0 bridgehead atoms. The summed E-state index contributed by atoms with van der Waals surface area (Å²) in [4.78, 5) is 12.2. The van der Waals surface area contributed by atoms with Crippen molar-refractivity contribution >= 4 is 11.7 Å². The third kappa shape index (κ3) is 4.85. The number of hydrogen-bond donors (Lipinski definition) is 3. The molecule has 1 atom stereocenters. The van der Waals surface area contributed by atoms with Crippen LogP contribution in [-0.4, -0.2) is 27.5 Å². The van der Waals surface area contributed by atoms with E-state index in [2.05, 4.69) is 29.6 Å². The number of aryl methyl sites for hydroxylation is 1. The molecule has 2 aromatic heterocycles. The van der Waals surface area contributed by atoms with Gasteiger partial charge in [0.15, 0.2) is 0 Å². The lowest BCUT2D eigenvalue weighted by Gasteiger charge is -2.21. The van der Waals surface area contributed by atoms with Gasteiger partial charge in [0, 0.05) is 6.54 Å². The fourth-order valence-electron chi connectivity index (χ4n) is 2.62. The normalized spacial score (nSPS) is 13.7. The van der Waals surface area contributed by atoms with E-state index in [4.69, 9.17) is 4.42 Å². The molecule has 2 heterocycles. The van der Waals surface area contributed by atoms with E-state index in [-0.39, 0.29) is 12.6 Å².